The van der Waals surface area contributed by atoms with Crippen molar-refractivity contribution in [3.8, 4) is 0 Å². The fourth-order valence-electron chi connectivity index (χ4n) is 3.10. The second-order valence-corrected chi connectivity index (χ2v) is 7.19. The van der Waals surface area contributed by atoms with E-state index in [1.165, 1.54) is 22.9 Å². The van der Waals surface area contributed by atoms with Crippen LogP contribution in [-0.4, -0.2) is 8.75 Å². The van der Waals surface area contributed by atoms with Crippen molar-refractivity contribution in [1.29, 1.82) is 0 Å². The van der Waals surface area contributed by atoms with Gasteiger partial charge in [-0.1, -0.05) is 53.7 Å². The minimum absolute atomic E-state index is 0.196. The second kappa shape index (κ2) is 6.04. The monoisotopic (exact) mass is 304 g/mol. The summed E-state index contributed by atoms with van der Waals surface area (Å²) in [4.78, 5) is 0. The molecule has 3 heteroatoms. The first-order valence-corrected chi connectivity index (χ1v) is 8.95. The van der Waals surface area contributed by atoms with Crippen LogP contribution >= 0.6 is 11.7 Å². The Bertz CT molecular complexity index is 555. The molecule has 0 atom stereocenters. The fourth-order valence-corrected chi connectivity index (χ4v) is 3.68. The van der Waals surface area contributed by atoms with E-state index in [0.717, 1.165) is 36.7 Å². The van der Waals surface area contributed by atoms with Gasteiger partial charge in [-0.2, -0.15) is 8.75 Å². The Balaban J connectivity index is 2.70. The number of rotatable bonds is 6. The van der Waals surface area contributed by atoms with Crippen LogP contribution in [0.15, 0.2) is 12.1 Å². The van der Waals surface area contributed by atoms with E-state index in [4.69, 9.17) is 0 Å². The van der Waals surface area contributed by atoms with Gasteiger partial charge in [-0.25, -0.2) is 0 Å². The average molecular weight is 305 g/mol. The standard InChI is InChI=1S/C18H28N2S/c1-7-17(5,8-2)13-11-12-14(18(6,9-3)10-4)16-15(13)19-21-20-16/h11-12H,7-10H2,1-6H3. The smallest absolute Gasteiger partial charge is 0.108 e. The Hall–Kier alpha value is -0.960. The Morgan fingerprint density at radius 3 is 1.38 bits per heavy atom. The molecule has 0 aliphatic carbocycles. The summed E-state index contributed by atoms with van der Waals surface area (Å²) < 4.78 is 9.31. The maximum atomic E-state index is 4.65. The van der Waals surface area contributed by atoms with Crippen LogP contribution < -0.4 is 0 Å². The largest absolute Gasteiger partial charge is 0.173 e. The summed E-state index contributed by atoms with van der Waals surface area (Å²) in [5.74, 6) is 0. The summed E-state index contributed by atoms with van der Waals surface area (Å²) >= 11 is 1.36. The van der Waals surface area contributed by atoms with Gasteiger partial charge in [0.15, 0.2) is 0 Å². The molecule has 21 heavy (non-hydrogen) atoms. The van der Waals surface area contributed by atoms with Crippen molar-refractivity contribution in [1.82, 2.24) is 8.75 Å². The van der Waals surface area contributed by atoms with E-state index in [1.54, 1.807) is 0 Å². The summed E-state index contributed by atoms with van der Waals surface area (Å²) in [6.45, 7) is 13.8. The molecule has 2 rings (SSSR count). The molecule has 2 aromatic rings. The number of hydrogen-bond acceptors (Lipinski definition) is 3. The number of nitrogens with zero attached hydrogens (tertiary/aromatic N) is 2. The summed E-state index contributed by atoms with van der Waals surface area (Å²) in [6, 6.07) is 4.63. The van der Waals surface area contributed by atoms with Crippen LogP contribution in [0.1, 0.15) is 78.4 Å². The number of hydrogen-bond donors (Lipinski definition) is 0. The van der Waals surface area contributed by atoms with Crippen molar-refractivity contribution in [2.75, 3.05) is 0 Å². The highest BCUT2D eigenvalue weighted by Gasteiger charge is 2.31. The molecule has 1 heterocycles. The molecule has 1 aromatic carbocycles. The quantitative estimate of drug-likeness (QED) is 0.669. The predicted octanol–water partition coefficient (Wildman–Crippen LogP) is 5.85. The van der Waals surface area contributed by atoms with Crippen molar-refractivity contribution < 1.29 is 0 Å². The predicted molar refractivity (Wildman–Crippen MR) is 93.3 cm³/mol. The SMILES string of the molecule is CCC(C)(CC)c1ccc(C(C)(CC)CC)c2nsnc12. The molecule has 0 saturated heterocycles. The van der Waals surface area contributed by atoms with Crippen LogP contribution in [0.3, 0.4) is 0 Å². The van der Waals surface area contributed by atoms with Crippen molar-refractivity contribution >= 4 is 22.8 Å². The van der Waals surface area contributed by atoms with Gasteiger partial charge in [0.05, 0.1) is 11.7 Å². The van der Waals surface area contributed by atoms with Gasteiger partial charge in [-0.3, -0.25) is 0 Å². The molecule has 0 amide bonds. The molecule has 0 radical (unpaired) electrons. The molecular formula is C18H28N2S. The molecular weight excluding hydrogens is 276 g/mol. The van der Waals surface area contributed by atoms with E-state index in [9.17, 15) is 0 Å². The molecule has 1 aromatic heterocycles. The molecule has 0 aliphatic rings. The van der Waals surface area contributed by atoms with Gasteiger partial charge in [-0.15, -0.1) is 0 Å². The van der Waals surface area contributed by atoms with E-state index >= 15 is 0 Å². The van der Waals surface area contributed by atoms with Crippen LogP contribution in [0, 0.1) is 0 Å². The van der Waals surface area contributed by atoms with Crippen molar-refractivity contribution in [2.24, 2.45) is 0 Å². The van der Waals surface area contributed by atoms with Crippen molar-refractivity contribution in [3.63, 3.8) is 0 Å². The zero-order chi connectivity index (χ0) is 15.7. The van der Waals surface area contributed by atoms with Gasteiger partial charge in [0.25, 0.3) is 0 Å². The Morgan fingerprint density at radius 2 is 1.10 bits per heavy atom. The van der Waals surface area contributed by atoms with Gasteiger partial charge < -0.3 is 0 Å². The fraction of sp³-hybridized carbons (Fsp3) is 0.667. The highest BCUT2D eigenvalue weighted by Crippen LogP contribution is 2.40. The topological polar surface area (TPSA) is 25.8 Å². The summed E-state index contributed by atoms with van der Waals surface area (Å²) in [6.07, 6.45) is 4.53. The van der Waals surface area contributed by atoms with Crippen LogP contribution in [0.5, 0.6) is 0 Å². The van der Waals surface area contributed by atoms with Crippen LogP contribution in [-0.2, 0) is 10.8 Å². The summed E-state index contributed by atoms with van der Waals surface area (Å²) in [5.41, 5.74) is 5.40. The van der Waals surface area contributed by atoms with E-state index in [1.807, 2.05) is 0 Å². The zero-order valence-corrected chi connectivity index (χ0v) is 15.1. The highest BCUT2D eigenvalue weighted by atomic mass is 32.1. The Morgan fingerprint density at radius 1 is 0.762 bits per heavy atom. The van der Waals surface area contributed by atoms with E-state index in [0.29, 0.717) is 0 Å². The lowest BCUT2D eigenvalue weighted by Gasteiger charge is -2.31. The minimum atomic E-state index is 0.196. The third-order valence-electron chi connectivity index (χ3n) is 5.84. The van der Waals surface area contributed by atoms with Crippen LogP contribution in [0.2, 0.25) is 0 Å². The maximum Gasteiger partial charge on any atom is 0.108 e. The van der Waals surface area contributed by atoms with Crippen molar-refractivity contribution in [2.45, 2.75) is 78.1 Å². The van der Waals surface area contributed by atoms with Crippen LogP contribution in [0.25, 0.3) is 11.0 Å². The van der Waals surface area contributed by atoms with E-state index in [-0.39, 0.29) is 10.8 Å². The maximum absolute atomic E-state index is 4.65. The van der Waals surface area contributed by atoms with Gasteiger partial charge in [-0.05, 0) is 47.6 Å². The van der Waals surface area contributed by atoms with Gasteiger partial charge in [0, 0.05) is 0 Å². The zero-order valence-electron chi connectivity index (χ0n) is 14.3. The number of fused-ring (bicyclic) bond motifs is 1. The second-order valence-electron chi connectivity index (χ2n) is 6.66. The molecule has 0 aliphatic heterocycles. The highest BCUT2D eigenvalue weighted by molar-refractivity contribution is 7.00. The van der Waals surface area contributed by atoms with Crippen LogP contribution in [0.4, 0.5) is 0 Å². The third kappa shape index (κ3) is 2.61. The van der Waals surface area contributed by atoms with E-state index < -0.39 is 0 Å². The third-order valence-corrected chi connectivity index (χ3v) is 6.37. The molecule has 0 bridgehead atoms. The number of benzene rings is 1. The van der Waals surface area contributed by atoms with Gasteiger partial charge >= 0.3 is 0 Å². The molecule has 0 fully saturated rings. The first kappa shape index (κ1) is 16.4. The summed E-state index contributed by atoms with van der Waals surface area (Å²) in [5, 5.41) is 0. The first-order valence-electron chi connectivity index (χ1n) is 8.22. The molecule has 116 valence electrons. The summed E-state index contributed by atoms with van der Waals surface area (Å²) in [7, 11) is 0. The van der Waals surface area contributed by atoms with Gasteiger partial charge in [0.1, 0.15) is 11.0 Å². The Labute approximate surface area is 133 Å². The average Bonchev–Trinajstić information content (AvgIpc) is 3.01. The van der Waals surface area contributed by atoms with Crippen molar-refractivity contribution in [3.05, 3.63) is 23.3 Å². The first-order chi connectivity index (χ1) is 9.95. The van der Waals surface area contributed by atoms with E-state index in [2.05, 4.69) is 62.4 Å². The number of aromatic nitrogens is 2. The lowest BCUT2D eigenvalue weighted by Crippen LogP contribution is -2.23. The molecule has 0 N–H and O–H groups in total. The normalized spacial score (nSPS) is 13.0. The molecule has 0 unspecified atom stereocenters. The molecule has 2 nitrogen and oxygen atoms in total. The molecule has 0 saturated carbocycles. The lowest BCUT2D eigenvalue weighted by atomic mass is 9.73. The lowest BCUT2D eigenvalue weighted by molar-refractivity contribution is 0.435. The molecule has 0 spiro atoms. The Kier molecular flexibility index (Phi) is 4.72. The minimum Gasteiger partial charge on any atom is -0.173 e. The van der Waals surface area contributed by atoms with Gasteiger partial charge in [0.2, 0.25) is 0 Å².